The van der Waals surface area contributed by atoms with Crippen molar-refractivity contribution >= 4 is 93.8 Å². The van der Waals surface area contributed by atoms with Crippen molar-refractivity contribution in [3.63, 3.8) is 0 Å². The summed E-state index contributed by atoms with van der Waals surface area (Å²) >= 11 is 0. The molecule has 0 spiro atoms. The van der Waals surface area contributed by atoms with Crippen LogP contribution in [-0.2, 0) is 0 Å². The first-order chi connectivity index (χ1) is 28.2. The van der Waals surface area contributed by atoms with Gasteiger partial charge in [0.25, 0.3) is 0 Å². The average Bonchev–Trinajstić information content (AvgIpc) is 3.98. The smallest absolute Gasteiger partial charge is 0.220 e. The predicted molar refractivity (Wildman–Crippen MR) is 230 cm³/mol. The van der Waals surface area contributed by atoms with E-state index in [2.05, 4.69) is 175 Å². The predicted octanol–water partition coefficient (Wildman–Crippen LogP) is 12.8. The Hall–Kier alpha value is -7.97. The summed E-state index contributed by atoms with van der Waals surface area (Å²) in [5.41, 5.74) is 15.9. The Bertz CT molecular complexity index is 3840. The lowest BCUT2D eigenvalue weighted by Gasteiger charge is -2.08. The van der Waals surface area contributed by atoms with E-state index in [1.807, 2.05) is 18.2 Å². The number of hydrogen-bond acceptors (Lipinski definition) is 3. The summed E-state index contributed by atoms with van der Waals surface area (Å²) in [5.74, 6) is 0.881. The van der Waals surface area contributed by atoms with Gasteiger partial charge in [-0.05, 0) is 120 Å². The van der Waals surface area contributed by atoms with Gasteiger partial charge in [0.15, 0.2) is 0 Å². The Morgan fingerprint density at radius 1 is 0.421 bits per heavy atom. The number of benzene rings is 8. The van der Waals surface area contributed by atoms with Gasteiger partial charge >= 0.3 is 0 Å². The van der Waals surface area contributed by atoms with Crippen molar-refractivity contribution in [3.8, 4) is 22.5 Å². The minimum atomic E-state index is 0.841. The molecule has 268 valence electrons. The first-order valence-corrected chi connectivity index (χ1v) is 19.0. The van der Waals surface area contributed by atoms with Gasteiger partial charge < -0.3 is 13.8 Å². The first kappa shape index (κ1) is 30.4. The molecule has 0 amide bonds. The van der Waals surface area contributed by atoms with Crippen LogP contribution in [0.4, 0.5) is 0 Å². The molecular formula is C49H30N6O2. The molecule has 0 aliphatic heterocycles. The van der Waals surface area contributed by atoms with Crippen molar-refractivity contribution < 1.29 is 8.83 Å². The molecule has 8 heteroatoms. The van der Waals surface area contributed by atoms with E-state index in [9.17, 15) is 0 Å². The average molecular weight is 735 g/mol. The summed E-state index contributed by atoms with van der Waals surface area (Å²) in [6.07, 6.45) is 0. The van der Waals surface area contributed by atoms with Gasteiger partial charge in [-0.3, -0.25) is 18.7 Å². The maximum absolute atomic E-state index is 6.42. The highest BCUT2D eigenvalue weighted by Crippen LogP contribution is 2.38. The second-order valence-corrected chi connectivity index (χ2v) is 14.7. The number of rotatable bonds is 3. The highest BCUT2D eigenvalue weighted by atomic mass is 16.3. The second-order valence-electron chi connectivity index (χ2n) is 14.7. The van der Waals surface area contributed by atoms with Gasteiger partial charge in [-0.15, -0.1) is 0 Å². The van der Waals surface area contributed by atoms with E-state index in [0.717, 1.165) is 116 Å². The SMILES string of the molecule is c1ccc2c(c1)nc1n(-c3ccc4oc5ccc(-c6ccc7oc8ccc(-n9[nH]c%10ccccc%10[nH]c%10ccccc%109)cc8c7c6)cc5c4c3)c3ccccc3n21. The summed E-state index contributed by atoms with van der Waals surface area (Å²) in [6.45, 7) is 0. The third kappa shape index (κ3) is 4.40. The van der Waals surface area contributed by atoms with Crippen molar-refractivity contribution in [3.05, 3.63) is 170 Å². The monoisotopic (exact) mass is 734 g/mol. The molecule has 13 aromatic rings. The summed E-state index contributed by atoms with van der Waals surface area (Å²) in [5, 5.41) is 7.88. The molecule has 2 N–H and O–H groups in total. The number of aromatic amines is 2. The summed E-state index contributed by atoms with van der Waals surface area (Å²) in [6, 6.07) is 59.1. The minimum Gasteiger partial charge on any atom is -0.456 e. The topological polar surface area (TPSA) is 85.0 Å². The fourth-order valence-electron chi connectivity index (χ4n) is 8.77. The standard InChI is InChI=1S/C49H30N6O2/c1-2-10-38-37(9-1)50-40-12-4-6-14-42(40)55(52-38)32-20-24-48-36(28-32)34-26-30(18-22-46(34)57-48)29-17-21-45-33(25-29)35-27-31(19-23-47(35)56-45)53-43-15-7-8-16-44(43)54-41-13-5-3-11-39(41)51-49(53)54/h1-28,50,52H. The third-order valence-electron chi connectivity index (χ3n) is 11.4. The van der Waals surface area contributed by atoms with Gasteiger partial charge in [0.05, 0.1) is 55.5 Å². The van der Waals surface area contributed by atoms with Crippen LogP contribution in [0.25, 0.3) is 116 Å². The third-order valence-corrected chi connectivity index (χ3v) is 11.4. The van der Waals surface area contributed by atoms with E-state index in [-0.39, 0.29) is 0 Å². The zero-order chi connectivity index (χ0) is 37.2. The normalized spacial score (nSPS) is 12.2. The van der Waals surface area contributed by atoms with Gasteiger partial charge in [-0.1, -0.05) is 60.7 Å². The van der Waals surface area contributed by atoms with Crippen LogP contribution < -0.4 is 0 Å². The molecule has 0 fully saturated rings. The van der Waals surface area contributed by atoms with Crippen molar-refractivity contribution in [2.24, 2.45) is 0 Å². The Morgan fingerprint density at radius 2 is 0.947 bits per heavy atom. The van der Waals surface area contributed by atoms with Crippen LogP contribution in [0.5, 0.6) is 0 Å². The number of aromatic nitrogens is 6. The van der Waals surface area contributed by atoms with Gasteiger partial charge in [0.1, 0.15) is 22.3 Å². The Balaban J connectivity index is 0.965. The molecule has 13 rings (SSSR count). The van der Waals surface area contributed by atoms with E-state index in [4.69, 9.17) is 13.8 Å². The van der Waals surface area contributed by atoms with Crippen LogP contribution in [0.2, 0.25) is 0 Å². The molecule has 0 radical (unpaired) electrons. The number of hydrogen-bond donors (Lipinski definition) is 2. The lowest BCUT2D eigenvalue weighted by atomic mass is 10.0. The Labute approximate surface area is 322 Å². The molecule has 0 aliphatic rings. The number of nitrogens with one attached hydrogen (secondary N) is 2. The molecule has 0 unspecified atom stereocenters. The quantitative estimate of drug-likeness (QED) is 0.189. The van der Waals surface area contributed by atoms with Gasteiger partial charge in [0.2, 0.25) is 5.78 Å². The lowest BCUT2D eigenvalue weighted by Crippen LogP contribution is -1.99. The molecule has 0 atom stereocenters. The lowest BCUT2D eigenvalue weighted by molar-refractivity contribution is 0.668. The maximum atomic E-state index is 6.42. The maximum Gasteiger partial charge on any atom is 0.220 e. The molecule has 0 bridgehead atoms. The van der Waals surface area contributed by atoms with Crippen LogP contribution in [-0.4, -0.2) is 28.7 Å². The molecule has 8 aromatic carbocycles. The highest BCUT2D eigenvalue weighted by molar-refractivity contribution is 6.09. The van der Waals surface area contributed by atoms with Gasteiger partial charge in [-0.25, -0.2) is 4.98 Å². The molecule has 0 saturated heterocycles. The van der Waals surface area contributed by atoms with Crippen LogP contribution in [0, 0.1) is 0 Å². The number of para-hydroxylation sites is 8. The van der Waals surface area contributed by atoms with Crippen molar-refractivity contribution in [1.29, 1.82) is 0 Å². The zero-order valence-corrected chi connectivity index (χ0v) is 30.3. The number of furan rings is 2. The number of H-pyrrole nitrogens is 2. The molecule has 5 aromatic heterocycles. The number of imidazole rings is 2. The fraction of sp³-hybridized carbons (Fsp3) is 0. The van der Waals surface area contributed by atoms with E-state index < -0.39 is 0 Å². The van der Waals surface area contributed by atoms with E-state index in [1.54, 1.807) is 0 Å². The Kier molecular flexibility index (Phi) is 6.01. The summed E-state index contributed by atoms with van der Waals surface area (Å²) < 4.78 is 19.5. The first-order valence-electron chi connectivity index (χ1n) is 19.0. The van der Waals surface area contributed by atoms with Crippen LogP contribution in [0.15, 0.2) is 179 Å². The van der Waals surface area contributed by atoms with Crippen LogP contribution in [0.3, 0.4) is 0 Å². The molecule has 57 heavy (non-hydrogen) atoms. The van der Waals surface area contributed by atoms with E-state index in [1.165, 1.54) is 0 Å². The van der Waals surface area contributed by atoms with Gasteiger partial charge in [0, 0.05) is 21.5 Å². The number of nitrogens with zero attached hydrogens (tertiary/aromatic N) is 4. The fourth-order valence-corrected chi connectivity index (χ4v) is 8.77. The largest absolute Gasteiger partial charge is 0.456 e. The molecule has 5 heterocycles. The summed E-state index contributed by atoms with van der Waals surface area (Å²) in [7, 11) is 0. The Morgan fingerprint density at radius 3 is 1.67 bits per heavy atom. The number of fused-ring (bicyclic) bond motifs is 13. The highest BCUT2D eigenvalue weighted by Gasteiger charge is 2.19. The van der Waals surface area contributed by atoms with Crippen LogP contribution >= 0.6 is 0 Å². The van der Waals surface area contributed by atoms with Crippen molar-refractivity contribution in [2.45, 2.75) is 0 Å². The summed E-state index contributed by atoms with van der Waals surface area (Å²) in [4.78, 5) is 8.70. The van der Waals surface area contributed by atoms with Crippen LogP contribution in [0.1, 0.15) is 0 Å². The molecule has 8 nitrogen and oxygen atoms in total. The molecule has 0 aliphatic carbocycles. The minimum absolute atomic E-state index is 0.841. The second kappa shape index (κ2) is 11.3. The van der Waals surface area contributed by atoms with E-state index >= 15 is 0 Å². The molecular weight excluding hydrogens is 705 g/mol. The van der Waals surface area contributed by atoms with Gasteiger partial charge in [-0.2, -0.15) is 0 Å². The van der Waals surface area contributed by atoms with Crippen molar-refractivity contribution in [2.75, 3.05) is 0 Å². The molecule has 0 saturated carbocycles. The van der Waals surface area contributed by atoms with Crippen molar-refractivity contribution in [1.82, 2.24) is 28.7 Å². The zero-order valence-electron chi connectivity index (χ0n) is 30.3. The van der Waals surface area contributed by atoms with E-state index in [0.29, 0.717) is 0 Å².